The van der Waals surface area contributed by atoms with Crippen LogP contribution in [0.1, 0.15) is 25.1 Å². The second-order valence-corrected chi connectivity index (χ2v) is 5.69. The molecule has 0 unspecified atom stereocenters. The summed E-state index contributed by atoms with van der Waals surface area (Å²) in [5.74, 6) is -2.10. The Hall–Kier alpha value is -2.15. The van der Waals surface area contributed by atoms with Crippen LogP contribution in [-0.4, -0.2) is 42.4 Å². The minimum atomic E-state index is -1.21. The molecule has 2 saturated heterocycles. The molecule has 0 radical (unpaired) electrons. The van der Waals surface area contributed by atoms with Crippen molar-refractivity contribution in [3.8, 4) is 0 Å². The van der Waals surface area contributed by atoms with Crippen LogP contribution in [0.15, 0.2) is 22.8 Å². The fourth-order valence-corrected chi connectivity index (χ4v) is 3.70. The number of furan rings is 1. The van der Waals surface area contributed by atoms with Gasteiger partial charge in [-0.15, -0.1) is 0 Å². The van der Waals surface area contributed by atoms with E-state index in [4.69, 9.17) is 9.15 Å². The van der Waals surface area contributed by atoms with Crippen molar-refractivity contribution in [1.29, 1.82) is 0 Å². The predicted octanol–water partition coefficient (Wildman–Crippen LogP) is 0.477. The maximum absolute atomic E-state index is 12.5. The highest BCUT2D eigenvalue weighted by Crippen LogP contribution is 2.49. The van der Waals surface area contributed by atoms with Gasteiger partial charge in [-0.2, -0.15) is 0 Å². The zero-order chi connectivity index (χ0) is 16.1. The first kappa shape index (κ1) is 14.8. The van der Waals surface area contributed by atoms with Crippen molar-refractivity contribution < 1.29 is 23.5 Å². The van der Waals surface area contributed by atoms with Crippen molar-refractivity contribution in [2.45, 2.75) is 24.9 Å². The molecule has 3 heterocycles. The lowest BCUT2D eigenvalue weighted by Crippen LogP contribution is -2.55. The molecule has 118 valence electrons. The number of carbonyl (C=O) groups excluding carboxylic acids is 3. The number of fused-ring (bicyclic) bond motifs is 1. The van der Waals surface area contributed by atoms with Crippen LogP contribution in [0.2, 0.25) is 0 Å². The number of imide groups is 1. The fraction of sp³-hybridized carbons (Fsp3) is 0.533. The summed E-state index contributed by atoms with van der Waals surface area (Å²) >= 11 is 0. The van der Waals surface area contributed by atoms with Gasteiger partial charge in [0.25, 0.3) is 0 Å². The van der Waals surface area contributed by atoms with Gasteiger partial charge in [0.1, 0.15) is 11.3 Å². The van der Waals surface area contributed by atoms with E-state index in [9.17, 15) is 14.4 Å². The quantitative estimate of drug-likeness (QED) is 0.645. The Morgan fingerprint density at radius 2 is 2.18 bits per heavy atom. The van der Waals surface area contributed by atoms with E-state index >= 15 is 0 Å². The van der Waals surface area contributed by atoms with Crippen LogP contribution in [0, 0.1) is 11.8 Å². The predicted molar refractivity (Wildman–Crippen MR) is 74.4 cm³/mol. The van der Waals surface area contributed by atoms with Crippen LogP contribution >= 0.6 is 0 Å². The first-order chi connectivity index (χ1) is 10.5. The van der Waals surface area contributed by atoms with E-state index in [1.807, 2.05) is 0 Å². The first-order valence-electron chi connectivity index (χ1n) is 7.19. The van der Waals surface area contributed by atoms with E-state index in [0.29, 0.717) is 12.2 Å². The van der Waals surface area contributed by atoms with Crippen molar-refractivity contribution in [1.82, 2.24) is 10.2 Å². The molecule has 1 aromatic rings. The normalized spacial score (nSPS) is 34.1. The van der Waals surface area contributed by atoms with Gasteiger partial charge in [0.05, 0.1) is 31.3 Å². The Bertz CT molecular complexity index is 626. The number of methoxy groups -OCH3 is 1. The lowest BCUT2D eigenvalue weighted by atomic mass is 9.78. The van der Waals surface area contributed by atoms with Crippen molar-refractivity contribution in [3.05, 3.63) is 24.2 Å². The zero-order valence-electron chi connectivity index (χ0n) is 12.7. The average molecular weight is 306 g/mol. The van der Waals surface area contributed by atoms with Gasteiger partial charge >= 0.3 is 5.97 Å². The van der Waals surface area contributed by atoms with Crippen LogP contribution in [0.3, 0.4) is 0 Å². The van der Waals surface area contributed by atoms with Crippen LogP contribution in [0.25, 0.3) is 0 Å². The third kappa shape index (κ3) is 1.68. The van der Waals surface area contributed by atoms with Gasteiger partial charge in [0.15, 0.2) is 0 Å². The summed E-state index contributed by atoms with van der Waals surface area (Å²) in [6.45, 7) is 1.79. The molecule has 3 rings (SSSR count). The number of hydrogen-bond donors (Lipinski definition) is 1. The molecule has 7 nitrogen and oxygen atoms in total. The highest BCUT2D eigenvalue weighted by atomic mass is 16.5. The summed E-state index contributed by atoms with van der Waals surface area (Å²) in [6, 6.07) is 2.91. The van der Waals surface area contributed by atoms with Crippen molar-refractivity contribution in [2.24, 2.45) is 11.8 Å². The molecule has 0 spiro atoms. The molecule has 1 N–H and O–H groups in total. The van der Waals surface area contributed by atoms with Gasteiger partial charge in [-0.1, -0.05) is 6.92 Å². The molecule has 2 amide bonds. The van der Waals surface area contributed by atoms with Gasteiger partial charge in [-0.05, 0) is 18.6 Å². The van der Waals surface area contributed by atoms with Crippen LogP contribution < -0.4 is 5.32 Å². The molecular formula is C15H18N2O5. The summed E-state index contributed by atoms with van der Waals surface area (Å²) in [4.78, 5) is 38.5. The lowest BCUT2D eigenvalue weighted by Gasteiger charge is -2.30. The zero-order valence-corrected chi connectivity index (χ0v) is 12.7. The number of ether oxygens (including phenoxy) is 1. The molecule has 4 atom stereocenters. The van der Waals surface area contributed by atoms with Crippen molar-refractivity contribution in [2.75, 3.05) is 14.2 Å². The Morgan fingerprint density at radius 1 is 1.45 bits per heavy atom. The number of amides is 2. The number of nitrogens with one attached hydrogen (secondary N) is 1. The third-order valence-electron chi connectivity index (χ3n) is 4.83. The second kappa shape index (κ2) is 4.95. The lowest BCUT2D eigenvalue weighted by molar-refractivity contribution is -0.154. The van der Waals surface area contributed by atoms with Crippen LogP contribution in [0.5, 0.6) is 0 Å². The van der Waals surface area contributed by atoms with E-state index in [1.165, 1.54) is 20.4 Å². The molecule has 0 aromatic carbocycles. The highest BCUT2D eigenvalue weighted by Gasteiger charge is 2.68. The smallest absolute Gasteiger partial charge is 0.326 e. The van der Waals surface area contributed by atoms with E-state index < -0.39 is 29.4 Å². The Morgan fingerprint density at radius 3 is 2.73 bits per heavy atom. The summed E-state index contributed by atoms with van der Waals surface area (Å²) in [7, 11) is 2.72. The van der Waals surface area contributed by atoms with Crippen molar-refractivity contribution in [3.63, 3.8) is 0 Å². The Kier molecular flexibility index (Phi) is 3.32. The molecule has 1 aromatic heterocycles. The van der Waals surface area contributed by atoms with Gasteiger partial charge in [0, 0.05) is 7.05 Å². The van der Waals surface area contributed by atoms with E-state index in [1.54, 1.807) is 19.1 Å². The van der Waals surface area contributed by atoms with Gasteiger partial charge in [0.2, 0.25) is 11.8 Å². The van der Waals surface area contributed by atoms with E-state index in [0.717, 1.165) is 4.90 Å². The molecule has 2 aliphatic rings. The summed E-state index contributed by atoms with van der Waals surface area (Å²) < 4.78 is 10.3. The van der Waals surface area contributed by atoms with Gasteiger partial charge in [-0.3, -0.25) is 24.6 Å². The summed E-state index contributed by atoms with van der Waals surface area (Å²) in [5, 5.41) is 3.15. The largest absolute Gasteiger partial charge is 0.468 e. The monoisotopic (exact) mass is 306 g/mol. The SMILES string of the molecule is CC[C@]1(C(=O)OC)N[C@H](c2ccco2)[C@H]2C(=O)N(C)C(=O)[C@@H]21. The summed E-state index contributed by atoms with van der Waals surface area (Å²) in [6.07, 6.45) is 1.84. The maximum Gasteiger partial charge on any atom is 0.326 e. The molecule has 0 aliphatic carbocycles. The van der Waals surface area contributed by atoms with Crippen molar-refractivity contribution >= 4 is 17.8 Å². The molecule has 7 heteroatoms. The molecule has 0 bridgehead atoms. The highest BCUT2D eigenvalue weighted by molar-refractivity contribution is 6.09. The summed E-state index contributed by atoms with van der Waals surface area (Å²) in [5.41, 5.74) is -1.21. The minimum absolute atomic E-state index is 0.303. The topological polar surface area (TPSA) is 88.8 Å². The Labute approximate surface area is 127 Å². The van der Waals surface area contributed by atoms with E-state index in [-0.39, 0.29) is 11.8 Å². The first-order valence-corrected chi connectivity index (χ1v) is 7.19. The fourth-order valence-electron chi connectivity index (χ4n) is 3.70. The number of nitrogens with zero attached hydrogens (tertiary/aromatic N) is 1. The number of carbonyl (C=O) groups is 3. The molecule has 2 fully saturated rings. The third-order valence-corrected chi connectivity index (χ3v) is 4.83. The standard InChI is InChI=1S/C15H18N2O5/c1-4-15(14(20)21-3)10-9(12(18)17(2)13(10)19)11(16-15)8-6-5-7-22-8/h5-7,9-11,16H,4H2,1-3H3/t9-,10+,11+,15-/m0/s1. The maximum atomic E-state index is 12.5. The second-order valence-electron chi connectivity index (χ2n) is 5.69. The molecular weight excluding hydrogens is 288 g/mol. The van der Waals surface area contributed by atoms with E-state index in [2.05, 4.69) is 5.32 Å². The average Bonchev–Trinajstić information content (AvgIpc) is 3.21. The van der Waals surface area contributed by atoms with Crippen LogP contribution in [-0.2, 0) is 19.1 Å². The molecule has 22 heavy (non-hydrogen) atoms. The van der Waals surface area contributed by atoms with Gasteiger partial charge < -0.3 is 9.15 Å². The van der Waals surface area contributed by atoms with Crippen LogP contribution in [0.4, 0.5) is 0 Å². The number of hydrogen-bond acceptors (Lipinski definition) is 6. The molecule has 2 aliphatic heterocycles. The molecule has 0 saturated carbocycles. The van der Waals surface area contributed by atoms with Gasteiger partial charge in [-0.25, -0.2) is 0 Å². The number of rotatable bonds is 3. The number of likely N-dealkylation sites (tertiary alicyclic amines) is 1. The Balaban J connectivity index is 2.13. The minimum Gasteiger partial charge on any atom is -0.468 e. The number of esters is 1.